The molecule has 0 saturated carbocycles. The number of likely N-dealkylation sites (tertiary alicyclic amines) is 1. The lowest BCUT2D eigenvalue weighted by molar-refractivity contribution is -0.134. The van der Waals surface area contributed by atoms with Crippen molar-refractivity contribution in [3.63, 3.8) is 0 Å². The number of halogens is 1. The normalized spacial score (nSPS) is 17.1. The summed E-state index contributed by atoms with van der Waals surface area (Å²) in [4.78, 5) is 18.6. The van der Waals surface area contributed by atoms with E-state index in [1.807, 2.05) is 0 Å². The van der Waals surface area contributed by atoms with Crippen LogP contribution in [0.1, 0.15) is 36.8 Å². The molecule has 4 rings (SSSR count). The van der Waals surface area contributed by atoms with Crippen LogP contribution in [0.5, 0.6) is 0 Å². The first kappa shape index (κ1) is 17.3. The zero-order valence-corrected chi connectivity index (χ0v) is 14.7. The Hall–Kier alpha value is -3.09. The molecule has 1 saturated heterocycles. The van der Waals surface area contributed by atoms with Gasteiger partial charge in [-0.25, -0.2) is 4.39 Å². The Morgan fingerprint density at radius 3 is 2.67 bits per heavy atom. The summed E-state index contributed by atoms with van der Waals surface area (Å²) in [6.45, 7) is 0.650. The molecule has 0 radical (unpaired) electrons. The second-order valence-electron chi connectivity index (χ2n) is 6.58. The Balaban J connectivity index is 1.53. The summed E-state index contributed by atoms with van der Waals surface area (Å²) in [6, 6.07) is 9.39. The molecule has 3 heterocycles. The fraction of sp³-hybridized carbons (Fsp3) is 0.300. The van der Waals surface area contributed by atoms with Gasteiger partial charge in [-0.2, -0.15) is 0 Å². The summed E-state index contributed by atoms with van der Waals surface area (Å²) in [5.74, 6) is 0.546. The largest absolute Gasteiger partial charge is 0.418 e. The lowest BCUT2D eigenvalue weighted by Gasteiger charge is -2.33. The second-order valence-corrected chi connectivity index (χ2v) is 6.58. The van der Waals surface area contributed by atoms with Crippen LogP contribution in [-0.4, -0.2) is 32.5 Å². The van der Waals surface area contributed by atoms with Crippen LogP contribution in [0, 0.1) is 5.82 Å². The molecule has 6 nitrogen and oxygen atoms in total. The summed E-state index contributed by atoms with van der Waals surface area (Å²) in [5.41, 5.74) is 1.58. The predicted octanol–water partition coefficient (Wildman–Crippen LogP) is 3.57. The molecular weight excluding hydrogens is 347 g/mol. The van der Waals surface area contributed by atoms with E-state index in [0.717, 1.165) is 30.4 Å². The standard InChI is InChI=1S/C20H19FN4O2/c21-16-6-4-14(5-7-16)13-18(26)25-12-2-1-3-17(25)20-24-23-19(27-20)15-8-10-22-11-9-15/h4-11,17H,1-3,12-13H2/t17-/m0/s1. The molecule has 138 valence electrons. The fourth-order valence-electron chi connectivity index (χ4n) is 3.35. The third-order valence-corrected chi connectivity index (χ3v) is 4.74. The van der Waals surface area contributed by atoms with Crippen molar-refractivity contribution < 1.29 is 13.6 Å². The van der Waals surface area contributed by atoms with Gasteiger partial charge in [0.25, 0.3) is 0 Å². The third kappa shape index (κ3) is 3.86. The van der Waals surface area contributed by atoms with Gasteiger partial charge in [0.2, 0.25) is 17.7 Å². The van der Waals surface area contributed by atoms with Gasteiger partial charge in [0.05, 0.1) is 6.42 Å². The molecule has 1 aromatic carbocycles. The number of hydrogen-bond acceptors (Lipinski definition) is 5. The molecule has 3 aromatic rings. The first-order valence-electron chi connectivity index (χ1n) is 8.98. The number of rotatable bonds is 4. The minimum absolute atomic E-state index is 0.0185. The molecule has 0 spiro atoms. The Morgan fingerprint density at radius 2 is 1.89 bits per heavy atom. The minimum atomic E-state index is -0.309. The van der Waals surface area contributed by atoms with E-state index in [1.165, 1.54) is 12.1 Å². The van der Waals surface area contributed by atoms with Crippen molar-refractivity contribution in [1.29, 1.82) is 0 Å². The molecule has 0 unspecified atom stereocenters. The van der Waals surface area contributed by atoms with E-state index in [1.54, 1.807) is 41.6 Å². The van der Waals surface area contributed by atoms with Crippen LogP contribution in [0.25, 0.3) is 11.5 Å². The highest BCUT2D eigenvalue weighted by molar-refractivity contribution is 5.79. The van der Waals surface area contributed by atoms with Crippen molar-refractivity contribution in [2.45, 2.75) is 31.7 Å². The molecular formula is C20H19FN4O2. The Bertz CT molecular complexity index is 911. The van der Waals surface area contributed by atoms with E-state index in [4.69, 9.17) is 4.42 Å². The maximum absolute atomic E-state index is 13.1. The number of nitrogens with zero attached hydrogens (tertiary/aromatic N) is 4. The monoisotopic (exact) mass is 366 g/mol. The lowest BCUT2D eigenvalue weighted by atomic mass is 10.0. The van der Waals surface area contributed by atoms with Crippen molar-refractivity contribution in [3.05, 3.63) is 66.1 Å². The number of benzene rings is 1. The van der Waals surface area contributed by atoms with E-state index in [2.05, 4.69) is 15.2 Å². The molecule has 1 amide bonds. The van der Waals surface area contributed by atoms with E-state index in [-0.39, 0.29) is 24.2 Å². The highest BCUT2D eigenvalue weighted by Crippen LogP contribution is 2.32. The molecule has 1 aliphatic rings. The number of carbonyl (C=O) groups is 1. The van der Waals surface area contributed by atoms with Crippen molar-refractivity contribution in [2.75, 3.05) is 6.54 Å². The van der Waals surface area contributed by atoms with E-state index < -0.39 is 0 Å². The van der Waals surface area contributed by atoms with Gasteiger partial charge in [-0.05, 0) is 49.1 Å². The smallest absolute Gasteiger partial charge is 0.247 e. The quantitative estimate of drug-likeness (QED) is 0.706. The maximum Gasteiger partial charge on any atom is 0.247 e. The highest BCUT2D eigenvalue weighted by atomic mass is 19.1. The molecule has 7 heteroatoms. The number of carbonyl (C=O) groups excluding carboxylic acids is 1. The molecule has 1 atom stereocenters. The summed E-state index contributed by atoms with van der Waals surface area (Å²) in [6.07, 6.45) is 6.28. The molecule has 1 aliphatic heterocycles. The van der Waals surface area contributed by atoms with Crippen LogP contribution in [-0.2, 0) is 11.2 Å². The van der Waals surface area contributed by atoms with Gasteiger partial charge in [0.15, 0.2) is 0 Å². The zero-order chi connectivity index (χ0) is 18.6. The minimum Gasteiger partial charge on any atom is -0.418 e. The molecule has 0 bridgehead atoms. The molecule has 27 heavy (non-hydrogen) atoms. The van der Waals surface area contributed by atoms with Crippen molar-refractivity contribution in [3.8, 4) is 11.5 Å². The SMILES string of the molecule is O=C(Cc1ccc(F)cc1)N1CCCC[C@H]1c1nnc(-c2ccncc2)o1. The van der Waals surface area contributed by atoms with Gasteiger partial charge < -0.3 is 9.32 Å². The summed E-state index contributed by atoms with van der Waals surface area (Å²) < 4.78 is 18.9. The average Bonchev–Trinajstić information content (AvgIpc) is 3.20. The molecule has 0 aliphatic carbocycles. The number of hydrogen-bond donors (Lipinski definition) is 0. The lowest BCUT2D eigenvalue weighted by Crippen LogP contribution is -2.39. The van der Waals surface area contributed by atoms with Crippen molar-refractivity contribution in [1.82, 2.24) is 20.1 Å². The van der Waals surface area contributed by atoms with Crippen LogP contribution < -0.4 is 0 Å². The van der Waals surface area contributed by atoms with Gasteiger partial charge in [0.1, 0.15) is 11.9 Å². The first-order chi connectivity index (χ1) is 13.2. The van der Waals surface area contributed by atoms with Gasteiger partial charge >= 0.3 is 0 Å². The Morgan fingerprint density at radius 1 is 1.11 bits per heavy atom. The molecule has 1 fully saturated rings. The van der Waals surface area contributed by atoms with Crippen LogP contribution in [0.15, 0.2) is 53.2 Å². The number of pyridine rings is 1. The van der Waals surface area contributed by atoms with E-state index in [0.29, 0.717) is 18.3 Å². The fourth-order valence-corrected chi connectivity index (χ4v) is 3.35. The van der Waals surface area contributed by atoms with Gasteiger partial charge in [-0.1, -0.05) is 12.1 Å². The number of piperidine rings is 1. The zero-order valence-electron chi connectivity index (χ0n) is 14.7. The molecule has 0 N–H and O–H groups in total. The predicted molar refractivity (Wildman–Crippen MR) is 95.9 cm³/mol. The molecule has 2 aromatic heterocycles. The first-order valence-corrected chi connectivity index (χ1v) is 8.98. The van der Waals surface area contributed by atoms with Crippen LogP contribution >= 0.6 is 0 Å². The van der Waals surface area contributed by atoms with Gasteiger partial charge in [-0.15, -0.1) is 10.2 Å². The van der Waals surface area contributed by atoms with Crippen molar-refractivity contribution in [2.24, 2.45) is 0 Å². The summed E-state index contributed by atoms with van der Waals surface area (Å²) in [7, 11) is 0. The van der Waals surface area contributed by atoms with Gasteiger partial charge in [0, 0.05) is 24.5 Å². The topological polar surface area (TPSA) is 72.1 Å². The third-order valence-electron chi connectivity index (χ3n) is 4.74. The number of aromatic nitrogens is 3. The maximum atomic E-state index is 13.1. The second kappa shape index (κ2) is 7.65. The average molecular weight is 366 g/mol. The van der Waals surface area contributed by atoms with E-state index in [9.17, 15) is 9.18 Å². The van der Waals surface area contributed by atoms with Crippen molar-refractivity contribution >= 4 is 5.91 Å². The van der Waals surface area contributed by atoms with Gasteiger partial charge in [-0.3, -0.25) is 9.78 Å². The van der Waals surface area contributed by atoms with Crippen LogP contribution in [0.2, 0.25) is 0 Å². The highest BCUT2D eigenvalue weighted by Gasteiger charge is 2.32. The van der Waals surface area contributed by atoms with Crippen LogP contribution in [0.3, 0.4) is 0 Å². The summed E-state index contributed by atoms with van der Waals surface area (Å²) in [5, 5.41) is 8.31. The van der Waals surface area contributed by atoms with Crippen LogP contribution in [0.4, 0.5) is 4.39 Å². The summed E-state index contributed by atoms with van der Waals surface area (Å²) >= 11 is 0. The Kier molecular flexibility index (Phi) is 4.91. The number of amides is 1. The Labute approximate surface area is 156 Å². The van der Waals surface area contributed by atoms with E-state index >= 15 is 0 Å².